The fourth-order valence-corrected chi connectivity index (χ4v) is 4.21. The van der Waals surface area contributed by atoms with Crippen LogP contribution in [-0.2, 0) is 15.9 Å². The first-order chi connectivity index (χ1) is 15.3. The monoisotopic (exact) mass is 465 g/mol. The van der Waals surface area contributed by atoms with Crippen LogP contribution in [0.2, 0.25) is 0 Å². The number of hydroxylamine groups is 3. The standard InChI is InChI=1S/C22H22F3N3O3S/c1-32-19-5-3-2-4-17(19)26-20(29)30-28-12-10-21(11-13-28)14-18(27-31-21)15-6-8-16(9-7-15)22(23,24)25/h2-9,14,27H,10-13H2,1H3,(H,26,29). The van der Waals surface area contributed by atoms with Crippen LogP contribution in [0.4, 0.5) is 23.7 Å². The molecule has 2 heterocycles. The van der Waals surface area contributed by atoms with Crippen LogP contribution in [0.3, 0.4) is 0 Å². The van der Waals surface area contributed by atoms with Crippen molar-refractivity contribution in [3.63, 3.8) is 0 Å². The summed E-state index contributed by atoms with van der Waals surface area (Å²) in [4.78, 5) is 24.4. The Labute approximate surface area is 187 Å². The SMILES string of the molecule is CSc1ccccc1NC(=O)ON1CCC2(C=C(c3ccc(C(F)(F)F)cc3)NO2)CC1. The second-order valence-corrected chi connectivity index (χ2v) is 8.38. The van der Waals surface area contributed by atoms with Gasteiger partial charge in [0, 0.05) is 18.0 Å². The van der Waals surface area contributed by atoms with Gasteiger partial charge in [-0.25, -0.2) is 4.79 Å². The molecule has 0 aromatic heterocycles. The number of para-hydroxylation sites is 1. The summed E-state index contributed by atoms with van der Waals surface area (Å²) in [5.74, 6) is 0. The van der Waals surface area contributed by atoms with E-state index in [0.717, 1.165) is 17.0 Å². The Hall–Kier alpha value is -2.69. The predicted molar refractivity (Wildman–Crippen MR) is 116 cm³/mol. The number of alkyl halides is 3. The first-order valence-corrected chi connectivity index (χ1v) is 11.2. The van der Waals surface area contributed by atoms with Crippen molar-refractivity contribution >= 4 is 29.2 Å². The second-order valence-electron chi connectivity index (χ2n) is 7.54. The smallest absolute Gasteiger partial charge is 0.351 e. The molecular weight excluding hydrogens is 443 g/mol. The summed E-state index contributed by atoms with van der Waals surface area (Å²) in [5, 5.41) is 4.33. The predicted octanol–water partition coefficient (Wildman–Crippen LogP) is 5.30. The van der Waals surface area contributed by atoms with Crippen LogP contribution < -0.4 is 10.8 Å². The van der Waals surface area contributed by atoms with Crippen LogP contribution in [-0.4, -0.2) is 36.1 Å². The molecule has 1 spiro atoms. The molecule has 0 unspecified atom stereocenters. The van der Waals surface area contributed by atoms with Gasteiger partial charge in [-0.3, -0.25) is 15.6 Å². The molecule has 1 fully saturated rings. The molecule has 170 valence electrons. The van der Waals surface area contributed by atoms with Gasteiger partial charge in [-0.05, 0) is 55.0 Å². The zero-order valence-electron chi connectivity index (χ0n) is 17.2. The van der Waals surface area contributed by atoms with Crippen LogP contribution in [0.15, 0.2) is 59.5 Å². The summed E-state index contributed by atoms with van der Waals surface area (Å²) >= 11 is 1.53. The molecule has 32 heavy (non-hydrogen) atoms. The van der Waals surface area contributed by atoms with E-state index >= 15 is 0 Å². The van der Waals surface area contributed by atoms with Crippen molar-refractivity contribution in [2.75, 3.05) is 24.7 Å². The van der Waals surface area contributed by atoms with Crippen molar-refractivity contribution in [3.05, 3.63) is 65.7 Å². The third-order valence-corrected chi connectivity index (χ3v) is 6.22. The van der Waals surface area contributed by atoms with Gasteiger partial charge in [-0.2, -0.15) is 13.2 Å². The number of carbonyl (C=O) groups is 1. The molecule has 6 nitrogen and oxygen atoms in total. The number of hydrogen-bond donors (Lipinski definition) is 2. The Bertz CT molecular complexity index is 1000. The van der Waals surface area contributed by atoms with Gasteiger partial charge in [-0.1, -0.05) is 24.3 Å². The lowest BCUT2D eigenvalue weighted by atomic mass is 9.91. The van der Waals surface area contributed by atoms with Gasteiger partial charge >= 0.3 is 12.3 Å². The van der Waals surface area contributed by atoms with Gasteiger partial charge in [0.2, 0.25) is 0 Å². The highest BCUT2D eigenvalue weighted by atomic mass is 32.2. The zero-order valence-corrected chi connectivity index (χ0v) is 18.1. The molecule has 0 aliphatic carbocycles. The van der Waals surface area contributed by atoms with Crippen LogP contribution in [0.5, 0.6) is 0 Å². The molecule has 0 saturated carbocycles. The molecular formula is C22H22F3N3O3S. The fraction of sp³-hybridized carbons (Fsp3) is 0.318. The fourth-order valence-electron chi connectivity index (χ4n) is 3.66. The highest BCUT2D eigenvalue weighted by Crippen LogP contribution is 2.36. The van der Waals surface area contributed by atoms with Crippen molar-refractivity contribution in [1.29, 1.82) is 0 Å². The minimum Gasteiger partial charge on any atom is -0.351 e. The Balaban J connectivity index is 1.33. The molecule has 2 aromatic rings. The number of rotatable bonds is 4. The second kappa shape index (κ2) is 9.05. The van der Waals surface area contributed by atoms with E-state index in [0.29, 0.717) is 42.9 Å². The number of amides is 1. The Morgan fingerprint density at radius 1 is 1.16 bits per heavy atom. The molecule has 2 aliphatic heterocycles. The van der Waals surface area contributed by atoms with Crippen LogP contribution in [0.1, 0.15) is 24.0 Å². The van der Waals surface area contributed by atoms with Crippen LogP contribution in [0.25, 0.3) is 5.70 Å². The van der Waals surface area contributed by atoms with Gasteiger partial charge < -0.3 is 4.84 Å². The summed E-state index contributed by atoms with van der Waals surface area (Å²) in [6, 6.07) is 12.4. The van der Waals surface area contributed by atoms with Gasteiger partial charge in [0.05, 0.1) is 16.9 Å². The lowest BCUT2D eigenvalue weighted by Gasteiger charge is -2.35. The van der Waals surface area contributed by atoms with Gasteiger partial charge in [0.1, 0.15) is 5.60 Å². The molecule has 1 amide bonds. The molecule has 0 radical (unpaired) electrons. The number of hydrogen-bond acceptors (Lipinski definition) is 6. The zero-order chi connectivity index (χ0) is 22.8. The summed E-state index contributed by atoms with van der Waals surface area (Å²) in [5.41, 5.74) is 3.46. The molecule has 10 heteroatoms. The Morgan fingerprint density at radius 3 is 2.50 bits per heavy atom. The number of thioether (sulfide) groups is 1. The molecule has 2 aromatic carbocycles. The Morgan fingerprint density at radius 2 is 1.84 bits per heavy atom. The number of nitrogens with one attached hydrogen (secondary N) is 2. The minimum atomic E-state index is -4.37. The summed E-state index contributed by atoms with van der Waals surface area (Å²) in [6.07, 6.45) is -0.00398. The largest absolute Gasteiger partial charge is 0.430 e. The van der Waals surface area contributed by atoms with E-state index in [4.69, 9.17) is 9.68 Å². The van der Waals surface area contributed by atoms with Gasteiger partial charge in [0.15, 0.2) is 0 Å². The highest BCUT2D eigenvalue weighted by molar-refractivity contribution is 7.98. The minimum absolute atomic E-state index is 0.454. The number of nitrogens with zero attached hydrogens (tertiary/aromatic N) is 1. The maximum absolute atomic E-state index is 12.8. The summed E-state index contributed by atoms with van der Waals surface area (Å²) in [7, 11) is 0. The van der Waals surface area contributed by atoms with Crippen molar-refractivity contribution < 1.29 is 27.6 Å². The normalized spacial score (nSPS) is 18.2. The number of carbonyl (C=O) groups excluding carboxylic acids is 1. The average Bonchev–Trinajstić information content (AvgIpc) is 3.19. The average molecular weight is 465 g/mol. The van der Waals surface area contributed by atoms with Gasteiger partial charge in [-0.15, -0.1) is 16.8 Å². The molecule has 2 aliphatic rings. The highest BCUT2D eigenvalue weighted by Gasteiger charge is 2.40. The maximum atomic E-state index is 12.8. The van der Waals surface area contributed by atoms with Crippen molar-refractivity contribution in [2.45, 2.75) is 29.5 Å². The summed E-state index contributed by atoms with van der Waals surface area (Å²) in [6.45, 7) is 0.909. The van der Waals surface area contributed by atoms with E-state index in [1.165, 1.54) is 23.9 Å². The van der Waals surface area contributed by atoms with Crippen LogP contribution >= 0.6 is 11.8 Å². The Kier molecular flexibility index (Phi) is 6.36. The lowest BCUT2D eigenvalue weighted by molar-refractivity contribution is -0.153. The van der Waals surface area contributed by atoms with Crippen molar-refractivity contribution in [2.24, 2.45) is 0 Å². The van der Waals surface area contributed by atoms with E-state index in [1.807, 2.05) is 36.6 Å². The molecule has 4 rings (SSSR count). The topological polar surface area (TPSA) is 62.8 Å². The first-order valence-electron chi connectivity index (χ1n) is 9.99. The van der Waals surface area contributed by atoms with E-state index < -0.39 is 23.4 Å². The molecule has 2 N–H and O–H groups in total. The third kappa shape index (κ3) is 5.03. The quantitative estimate of drug-likeness (QED) is 0.598. The number of piperidine rings is 1. The molecule has 0 atom stereocenters. The van der Waals surface area contributed by atoms with E-state index in [9.17, 15) is 18.0 Å². The first kappa shape index (κ1) is 22.5. The number of halogens is 3. The molecule has 1 saturated heterocycles. The van der Waals surface area contributed by atoms with E-state index in [2.05, 4.69) is 10.8 Å². The van der Waals surface area contributed by atoms with Crippen molar-refractivity contribution in [3.8, 4) is 0 Å². The number of benzene rings is 2. The number of anilines is 1. The van der Waals surface area contributed by atoms with E-state index in [-0.39, 0.29) is 0 Å². The van der Waals surface area contributed by atoms with Crippen molar-refractivity contribution in [1.82, 2.24) is 10.5 Å². The van der Waals surface area contributed by atoms with E-state index in [1.54, 1.807) is 5.06 Å². The maximum Gasteiger partial charge on any atom is 0.430 e. The third-order valence-electron chi connectivity index (χ3n) is 5.42. The van der Waals surface area contributed by atoms with Crippen LogP contribution in [0, 0.1) is 0 Å². The lowest BCUT2D eigenvalue weighted by Crippen LogP contribution is -2.45. The molecule has 0 bridgehead atoms. The summed E-state index contributed by atoms with van der Waals surface area (Å²) < 4.78 is 38.3. The van der Waals surface area contributed by atoms with Gasteiger partial charge in [0.25, 0.3) is 0 Å².